The van der Waals surface area contributed by atoms with Crippen LogP contribution in [0.1, 0.15) is 57.9 Å². The number of nitrogens with zero attached hydrogens (tertiary/aromatic N) is 3. The van der Waals surface area contributed by atoms with Crippen molar-refractivity contribution in [2.24, 2.45) is 0 Å². The molecular formula is C25H31N3O. The van der Waals surface area contributed by atoms with Crippen LogP contribution >= 0.6 is 0 Å². The van der Waals surface area contributed by atoms with E-state index in [1.54, 1.807) is 0 Å². The van der Waals surface area contributed by atoms with Crippen molar-refractivity contribution >= 4 is 0 Å². The molecule has 2 aromatic heterocycles. The molecule has 4 heteroatoms. The van der Waals surface area contributed by atoms with Crippen molar-refractivity contribution in [2.75, 3.05) is 6.61 Å². The highest BCUT2D eigenvalue weighted by molar-refractivity contribution is 5.63. The van der Waals surface area contributed by atoms with E-state index in [-0.39, 0.29) is 0 Å². The van der Waals surface area contributed by atoms with Crippen LogP contribution in [0.4, 0.5) is 0 Å². The van der Waals surface area contributed by atoms with Crippen molar-refractivity contribution in [1.29, 1.82) is 0 Å². The largest absolute Gasteiger partial charge is 0.494 e. The van der Waals surface area contributed by atoms with Gasteiger partial charge in [-0.25, -0.2) is 9.97 Å². The summed E-state index contributed by atoms with van der Waals surface area (Å²) in [7, 11) is 0. The molecule has 4 nitrogen and oxygen atoms in total. The summed E-state index contributed by atoms with van der Waals surface area (Å²) in [5.74, 6) is 1.63. The topological polar surface area (TPSA) is 47.9 Å². The van der Waals surface area contributed by atoms with Crippen LogP contribution in [0, 0.1) is 0 Å². The van der Waals surface area contributed by atoms with Gasteiger partial charge in [0, 0.05) is 29.7 Å². The number of rotatable bonds is 11. The SMILES string of the molecule is CCCCCOc1ccc(-c2ccc(-c3ncc(CCCCC)cn3)cn2)cc1. The monoisotopic (exact) mass is 389 g/mol. The van der Waals surface area contributed by atoms with Gasteiger partial charge in [-0.05, 0) is 61.2 Å². The molecule has 0 atom stereocenters. The highest BCUT2D eigenvalue weighted by Crippen LogP contribution is 2.23. The molecule has 29 heavy (non-hydrogen) atoms. The van der Waals surface area contributed by atoms with Gasteiger partial charge in [-0.3, -0.25) is 4.98 Å². The number of aromatic nitrogens is 3. The molecule has 3 aromatic rings. The second-order valence-corrected chi connectivity index (χ2v) is 7.38. The van der Waals surface area contributed by atoms with E-state index < -0.39 is 0 Å². The standard InChI is InChI=1S/C25H31N3O/c1-3-5-7-9-20-17-27-25(28-18-20)22-12-15-24(26-19-22)21-10-13-23(14-11-21)29-16-8-6-4-2/h10-15,17-19H,3-9,16H2,1-2H3. The van der Waals surface area contributed by atoms with Gasteiger partial charge in [0.25, 0.3) is 0 Å². The molecule has 0 fully saturated rings. The number of hydrogen-bond donors (Lipinski definition) is 0. The molecule has 0 aliphatic carbocycles. The number of hydrogen-bond acceptors (Lipinski definition) is 4. The summed E-state index contributed by atoms with van der Waals surface area (Å²) in [4.78, 5) is 13.6. The zero-order valence-corrected chi connectivity index (χ0v) is 17.6. The van der Waals surface area contributed by atoms with Crippen LogP contribution in [-0.4, -0.2) is 21.6 Å². The molecule has 0 spiro atoms. The first-order valence-electron chi connectivity index (χ1n) is 10.8. The van der Waals surface area contributed by atoms with Gasteiger partial charge in [0.05, 0.1) is 12.3 Å². The lowest BCUT2D eigenvalue weighted by molar-refractivity contribution is 0.306. The van der Waals surface area contributed by atoms with Crippen LogP contribution in [0.15, 0.2) is 55.0 Å². The molecule has 0 radical (unpaired) electrons. The van der Waals surface area contributed by atoms with Crippen LogP contribution in [0.3, 0.4) is 0 Å². The maximum Gasteiger partial charge on any atom is 0.160 e. The number of pyridine rings is 1. The number of unbranched alkanes of at least 4 members (excludes halogenated alkanes) is 4. The molecule has 0 unspecified atom stereocenters. The molecule has 0 aliphatic heterocycles. The summed E-state index contributed by atoms with van der Waals surface area (Å²) in [6.07, 6.45) is 13.9. The third kappa shape index (κ3) is 6.38. The lowest BCUT2D eigenvalue weighted by Gasteiger charge is -2.07. The Balaban J connectivity index is 1.59. The quantitative estimate of drug-likeness (QED) is 0.351. The first kappa shape index (κ1) is 21.0. The lowest BCUT2D eigenvalue weighted by atomic mass is 10.1. The minimum absolute atomic E-state index is 0.721. The predicted molar refractivity (Wildman–Crippen MR) is 119 cm³/mol. The molecule has 0 N–H and O–H groups in total. The van der Waals surface area contributed by atoms with E-state index in [9.17, 15) is 0 Å². The van der Waals surface area contributed by atoms with Crippen molar-refractivity contribution < 1.29 is 4.74 Å². The second-order valence-electron chi connectivity index (χ2n) is 7.38. The highest BCUT2D eigenvalue weighted by Gasteiger charge is 2.05. The Kier molecular flexibility index (Phi) is 8.17. The Bertz CT molecular complexity index is 843. The number of aryl methyl sites for hydroxylation is 1. The fourth-order valence-electron chi connectivity index (χ4n) is 3.17. The highest BCUT2D eigenvalue weighted by atomic mass is 16.5. The van der Waals surface area contributed by atoms with Gasteiger partial charge < -0.3 is 4.74 Å². The van der Waals surface area contributed by atoms with E-state index in [0.29, 0.717) is 0 Å². The van der Waals surface area contributed by atoms with Crippen molar-refractivity contribution in [3.05, 3.63) is 60.6 Å². The molecule has 0 saturated heterocycles. The average Bonchev–Trinajstić information content (AvgIpc) is 2.78. The lowest BCUT2D eigenvalue weighted by Crippen LogP contribution is -1.96. The van der Waals surface area contributed by atoms with E-state index in [1.807, 2.05) is 42.9 Å². The first-order chi connectivity index (χ1) is 14.3. The fraction of sp³-hybridized carbons (Fsp3) is 0.400. The average molecular weight is 390 g/mol. The summed E-state index contributed by atoms with van der Waals surface area (Å²) >= 11 is 0. The van der Waals surface area contributed by atoms with Crippen LogP contribution in [0.2, 0.25) is 0 Å². The van der Waals surface area contributed by atoms with Gasteiger partial charge in [-0.1, -0.05) is 39.5 Å². The second kappa shape index (κ2) is 11.3. The van der Waals surface area contributed by atoms with E-state index in [1.165, 1.54) is 37.7 Å². The Labute approximate surface area is 174 Å². The first-order valence-corrected chi connectivity index (χ1v) is 10.8. The molecule has 2 heterocycles. The summed E-state index contributed by atoms with van der Waals surface area (Å²) in [5, 5.41) is 0. The van der Waals surface area contributed by atoms with Gasteiger partial charge in [-0.2, -0.15) is 0 Å². The van der Waals surface area contributed by atoms with E-state index in [0.717, 1.165) is 47.8 Å². The minimum Gasteiger partial charge on any atom is -0.494 e. The molecule has 1 aromatic carbocycles. The molecule has 0 amide bonds. The minimum atomic E-state index is 0.721. The number of benzene rings is 1. The Hall–Kier alpha value is -2.75. The summed E-state index contributed by atoms with van der Waals surface area (Å²) < 4.78 is 5.78. The van der Waals surface area contributed by atoms with Gasteiger partial charge in [0.1, 0.15) is 5.75 Å². The third-order valence-corrected chi connectivity index (χ3v) is 4.96. The van der Waals surface area contributed by atoms with Gasteiger partial charge in [0.15, 0.2) is 5.82 Å². The molecule has 152 valence electrons. The molecule has 0 aliphatic rings. The Morgan fingerprint density at radius 2 is 1.38 bits per heavy atom. The fourth-order valence-corrected chi connectivity index (χ4v) is 3.17. The van der Waals surface area contributed by atoms with Crippen molar-refractivity contribution in [3.8, 4) is 28.4 Å². The maximum absolute atomic E-state index is 5.78. The normalized spacial score (nSPS) is 10.8. The van der Waals surface area contributed by atoms with Crippen molar-refractivity contribution in [1.82, 2.24) is 15.0 Å². The molecule has 0 bridgehead atoms. The van der Waals surface area contributed by atoms with Gasteiger partial charge in [-0.15, -0.1) is 0 Å². The zero-order valence-electron chi connectivity index (χ0n) is 17.6. The molecule has 0 saturated carbocycles. The summed E-state index contributed by atoms with van der Waals surface area (Å²) in [5.41, 5.74) is 4.14. The van der Waals surface area contributed by atoms with Gasteiger partial charge in [0.2, 0.25) is 0 Å². The summed E-state index contributed by atoms with van der Waals surface area (Å²) in [6.45, 7) is 5.19. The third-order valence-electron chi connectivity index (χ3n) is 4.96. The molecular weight excluding hydrogens is 358 g/mol. The van der Waals surface area contributed by atoms with E-state index >= 15 is 0 Å². The van der Waals surface area contributed by atoms with E-state index in [4.69, 9.17) is 4.74 Å². The van der Waals surface area contributed by atoms with Crippen LogP contribution in [0.25, 0.3) is 22.6 Å². The molecule has 3 rings (SSSR count). The zero-order chi connectivity index (χ0) is 20.3. The smallest absolute Gasteiger partial charge is 0.160 e. The van der Waals surface area contributed by atoms with Gasteiger partial charge >= 0.3 is 0 Å². The maximum atomic E-state index is 5.78. The Morgan fingerprint density at radius 3 is 2.03 bits per heavy atom. The Morgan fingerprint density at radius 1 is 0.690 bits per heavy atom. The van der Waals surface area contributed by atoms with Crippen LogP contribution < -0.4 is 4.74 Å². The van der Waals surface area contributed by atoms with Crippen LogP contribution in [-0.2, 0) is 6.42 Å². The van der Waals surface area contributed by atoms with E-state index in [2.05, 4.69) is 40.9 Å². The van der Waals surface area contributed by atoms with Crippen LogP contribution in [0.5, 0.6) is 5.75 Å². The number of ether oxygens (including phenoxy) is 1. The van der Waals surface area contributed by atoms with Crippen molar-refractivity contribution in [3.63, 3.8) is 0 Å². The predicted octanol–water partition coefficient (Wildman–Crippen LogP) is 6.51. The van der Waals surface area contributed by atoms with Crippen molar-refractivity contribution in [2.45, 2.75) is 58.8 Å². The summed E-state index contributed by atoms with van der Waals surface area (Å²) in [6, 6.07) is 12.2.